The van der Waals surface area contributed by atoms with Gasteiger partial charge in [-0.25, -0.2) is 0 Å². The molecule has 1 spiro atoms. The van der Waals surface area contributed by atoms with E-state index in [2.05, 4.69) is 4.90 Å². The molecule has 2 aliphatic heterocycles. The van der Waals surface area contributed by atoms with Crippen LogP contribution in [0.15, 0.2) is 0 Å². The van der Waals surface area contributed by atoms with Gasteiger partial charge in [0.15, 0.2) is 0 Å². The molecule has 2 heterocycles. The molecule has 0 bridgehead atoms. The van der Waals surface area contributed by atoms with Crippen molar-refractivity contribution in [1.82, 2.24) is 4.90 Å². The number of rotatable bonds is 4. The number of hydrogen-bond donors (Lipinski definition) is 1. The Bertz CT molecular complexity index is 293. The van der Waals surface area contributed by atoms with Crippen LogP contribution in [0.2, 0.25) is 0 Å². The van der Waals surface area contributed by atoms with Crippen molar-refractivity contribution in [3.63, 3.8) is 0 Å². The lowest BCUT2D eigenvalue weighted by Gasteiger charge is -2.47. The SMILES string of the molecule is NCCN(C1CCCC1)C1CCOC2(CCOCC2)C1. The second kappa shape index (κ2) is 6.73. The molecule has 2 N–H and O–H groups in total. The van der Waals surface area contributed by atoms with Gasteiger partial charge in [-0.15, -0.1) is 0 Å². The van der Waals surface area contributed by atoms with Gasteiger partial charge in [0.1, 0.15) is 0 Å². The molecular weight excluding hydrogens is 252 g/mol. The van der Waals surface area contributed by atoms with Crippen LogP contribution in [0, 0.1) is 0 Å². The lowest BCUT2D eigenvalue weighted by atomic mass is 9.83. The summed E-state index contributed by atoms with van der Waals surface area (Å²) >= 11 is 0. The third-order valence-corrected chi connectivity index (χ3v) is 5.52. The van der Waals surface area contributed by atoms with E-state index in [1.165, 1.54) is 38.5 Å². The average Bonchev–Trinajstić information content (AvgIpc) is 2.99. The Morgan fingerprint density at radius 2 is 1.75 bits per heavy atom. The van der Waals surface area contributed by atoms with Crippen LogP contribution in [0.1, 0.15) is 51.4 Å². The Hall–Kier alpha value is -0.160. The zero-order valence-electron chi connectivity index (χ0n) is 12.7. The molecular formula is C16H30N2O2. The molecule has 3 rings (SSSR count). The highest BCUT2D eigenvalue weighted by Gasteiger charge is 2.42. The van der Waals surface area contributed by atoms with Crippen molar-refractivity contribution in [3.05, 3.63) is 0 Å². The van der Waals surface area contributed by atoms with Gasteiger partial charge in [-0.3, -0.25) is 4.90 Å². The highest BCUT2D eigenvalue weighted by molar-refractivity contribution is 4.94. The summed E-state index contributed by atoms with van der Waals surface area (Å²) in [5, 5.41) is 0. The average molecular weight is 282 g/mol. The molecule has 1 saturated carbocycles. The highest BCUT2D eigenvalue weighted by atomic mass is 16.5. The third kappa shape index (κ3) is 3.19. The van der Waals surface area contributed by atoms with Crippen LogP contribution in [0.4, 0.5) is 0 Å². The van der Waals surface area contributed by atoms with E-state index in [0.717, 1.165) is 51.8 Å². The molecule has 0 aromatic rings. The van der Waals surface area contributed by atoms with Crippen molar-refractivity contribution in [2.45, 2.75) is 69.1 Å². The topological polar surface area (TPSA) is 47.7 Å². The number of hydrogen-bond acceptors (Lipinski definition) is 4. The first-order chi connectivity index (χ1) is 9.83. The lowest BCUT2D eigenvalue weighted by Crippen LogP contribution is -2.54. The Balaban J connectivity index is 1.66. The normalized spacial score (nSPS) is 31.2. The van der Waals surface area contributed by atoms with E-state index in [9.17, 15) is 0 Å². The van der Waals surface area contributed by atoms with E-state index in [0.29, 0.717) is 6.04 Å². The van der Waals surface area contributed by atoms with Gasteiger partial charge in [-0.2, -0.15) is 0 Å². The van der Waals surface area contributed by atoms with Crippen molar-refractivity contribution in [3.8, 4) is 0 Å². The molecule has 3 aliphatic rings. The van der Waals surface area contributed by atoms with Crippen LogP contribution in [-0.4, -0.2) is 55.5 Å². The molecule has 20 heavy (non-hydrogen) atoms. The van der Waals surface area contributed by atoms with Gasteiger partial charge in [0, 0.05) is 45.0 Å². The monoisotopic (exact) mass is 282 g/mol. The molecule has 1 aliphatic carbocycles. The van der Waals surface area contributed by atoms with Crippen LogP contribution in [-0.2, 0) is 9.47 Å². The Kier molecular flexibility index (Phi) is 4.97. The summed E-state index contributed by atoms with van der Waals surface area (Å²) in [6.45, 7) is 4.49. The Labute approximate surface area is 123 Å². The maximum Gasteiger partial charge on any atom is 0.0741 e. The summed E-state index contributed by atoms with van der Waals surface area (Å²) in [5.74, 6) is 0. The molecule has 1 unspecified atom stereocenters. The van der Waals surface area contributed by atoms with E-state index in [1.54, 1.807) is 0 Å². The Morgan fingerprint density at radius 3 is 2.45 bits per heavy atom. The van der Waals surface area contributed by atoms with Gasteiger partial charge in [-0.05, 0) is 38.5 Å². The molecule has 4 heteroatoms. The number of nitrogens with zero attached hydrogens (tertiary/aromatic N) is 1. The van der Waals surface area contributed by atoms with E-state index in [1.807, 2.05) is 0 Å². The summed E-state index contributed by atoms with van der Waals surface area (Å²) in [6.07, 6.45) is 10.0. The lowest BCUT2D eigenvalue weighted by molar-refractivity contribution is -0.153. The summed E-state index contributed by atoms with van der Waals surface area (Å²) in [4.78, 5) is 2.73. The molecule has 1 atom stereocenters. The van der Waals surface area contributed by atoms with Gasteiger partial charge in [-0.1, -0.05) is 12.8 Å². The molecule has 3 fully saturated rings. The summed E-state index contributed by atoms with van der Waals surface area (Å²) < 4.78 is 11.7. The highest BCUT2D eigenvalue weighted by Crippen LogP contribution is 2.38. The van der Waals surface area contributed by atoms with Crippen molar-refractivity contribution in [2.24, 2.45) is 5.73 Å². The fraction of sp³-hybridized carbons (Fsp3) is 1.00. The molecule has 2 saturated heterocycles. The first-order valence-electron chi connectivity index (χ1n) is 8.50. The largest absolute Gasteiger partial charge is 0.381 e. The first-order valence-corrected chi connectivity index (χ1v) is 8.50. The third-order valence-electron chi connectivity index (χ3n) is 5.52. The molecule has 0 aromatic heterocycles. The maximum absolute atomic E-state index is 6.19. The van der Waals surface area contributed by atoms with Crippen molar-refractivity contribution in [2.75, 3.05) is 32.9 Å². The van der Waals surface area contributed by atoms with Crippen LogP contribution in [0.5, 0.6) is 0 Å². The standard InChI is InChI=1S/C16H30N2O2/c17-8-9-18(14-3-1-2-4-14)15-5-10-20-16(13-15)6-11-19-12-7-16/h14-15H,1-13,17H2. The van der Waals surface area contributed by atoms with E-state index in [4.69, 9.17) is 15.2 Å². The zero-order valence-corrected chi connectivity index (χ0v) is 12.7. The number of ether oxygens (including phenoxy) is 2. The zero-order chi connectivity index (χ0) is 13.8. The molecule has 4 nitrogen and oxygen atoms in total. The Morgan fingerprint density at radius 1 is 1.00 bits per heavy atom. The van der Waals surface area contributed by atoms with Crippen LogP contribution < -0.4 is 5.73 Å². The fourth-order valence-electron chi connectivity index (χ4n) is 4.43. The smallest absolute Gasteiger partial charge is 0.0741 e. The molecule has 0 radical (unpaired) electrons. The maximum atomic E-state index is 6.19. The number of nitrogens with two attached hydrogens (primary N) is 1. The van der Waals surface area contributed by atoms with Gasteiger partial charge < -0.3 is 15.2 Å². The predicted molar refractivity (Wildman–Crippen MR) is 79.8 cm³/mol. The summed E-state index contributed by atoms with van der Waals surface area (Å²) in [6, 6.07) is 1.45. The minimum Gasteiger partial charge on any atom is -0.381 e. The first kappa shape index (κ1) is 14.8. The fourth-order valence-corrected chi connectivity index (χ4v) is 4.43. The summed E-state index contributed by atoms with van der Waals surface area (Å²) in [5.41, 5.74) is 5.98. The minimum atomic E-state index is 0.104. The van der Waals surface area contributed by atoms with E-state index >= 15 is 0 Å². The molecule has 116 valence electrons. The van der Waals surface area contributed by atoms with Crippen LogP contribution in [0.25, 0.3) is 0 Å². The van der Waals surface area contributed by atoms with Crippen LogP contribution in [0.3, 0.4) is 0 Å². The van der Waals surface area contributed by atoms with Crippen molar-refractivity contribution < 1.29 is 9.47 Å². The predicted octanol–water partition coefficient (Wildman–Crippen LogP) is 1.92. The summed E-state index contributed by atoms with van der Waals surface area (Å²) in [7, 11) is 0. The van der Waals surface area contributed by atoms with Gasteiger partial charge in [0.25, 0.3) is 0 Å². The quantitative estimate of drug-likeness (QED) is 0.856. The van der Waals surface area contributed by atoms with Gasteiger partial charge >= 0.3 is 0 Å². The second-order valence-corrected chi connectivity index (χ2v) is 6.76. The van der Waals surface area contributed by atoms with Crippen molar-refractivity contribution >= 4 is 0 Å². The minimum absolute atomic E-state index is 0.104. The second-order valence-electron chi connectivity index (χ2n) is 6.76. The van der Waals surface area contributed by atoms with Gasteiger partial charge in [0.2, 0.25) is 0 Å². The molecule has 0 amide bonds. The van der Waals surface area contributed by atoms with Gasteiger partial charge in [0.05, 0.1) is 5.60 Å². The van der Waals surface area contributed by atoms with Crippen molar-refractivity contribution in [1.29, 1.82) is 0 Å². The van der Waals surface area contributed by atoms with Crippen LogP contribution >= 0.6 is 0 Å². The van der Waals surface area contributed by atoms with E-state index < -0.39 is 0 Å². The molecule has 0 aromatic carbocycles. The van der Waals surface area contributed by atoms with E-state index in [-0.39, 0.29) is 5.60 Å².